The molecule has 2 aromatic heterocycles. The molecule has 0 N–H and O–H groups in total. The summed E-state index contributed by atoms with van der Waals surface area (Å²) in [5.74, 6) is 0. The summed E-state index contributed by atoms with van der Waals surface area (Å²) >= 11 is 8.04. The van der Waals surface area contributed by atoms with Gasteiger partial charge in [0, 0.05) is 15.6 Å². The first-order chi connectivity index (χ1) is 13.2. The van der Waals surface area contributed by atoms with Crippen LogP contribution in [0.15, 0.2) is 72.8 Å². The molecule has 5 aromatic rings. The fraction of sp³-hybridized carbons (Fsp3) is 0.0435. The minimum absolute atomic E-state index is 0.283. The van der Waals surface area contributed by atoms with Gasteiger partial charge in [-0.05, 0) is 47.3 Å². The van der Waals surface area contributed by atoms with E-state index in [1.54, 1.807) is 11.3 Å². The first-order valence-electron chi connectivity index (χ1n) is 8.72. The molecule has 4 heteroatoms. The Labute approximate surface area is 166 Å². The van der Waals surface area contributed by atoms with E-state index in [9.17, 15) is 0 Å². The zero-order valence-electron chi connectivity index (χ0n) is 14.6. The lowest BCUT2D eigenvalue weighted by Gasteiger charge is -2.10. The molecule has 2 heterocycles. The van der Waals surface area contributed by atoms with Crippen molar-refractivity contribution in [1.82, 2.24) is 9.97 Å². The van der Waals surface area contributed by atoms with E-state index in [0.29, 0.717) is 0 Å². The third kappa shape index (κ3) is 2.80. The van der Waals surface area contributed by atoms with Crippen LogP contribution in [-0.2, 0) is 0 Å². The molecule has 0 fully saturated rings. The van der Waals surface area contributed by atoms with Crippen molar-refractivity contribution in [1.29, 1.82) is 0 Å². The summed E-state index contributed by atoms with van der Waals surface area (Å²) in [4.78, 5) is 9.15. The Bertz CT molecular complexity index is 1290. The van der Waals surface area contributed by atoms with Crippen LogP contribution in [0.3, 0.4) is 0 Å². The summed E-state index contributed by atoms with van der Waals surface area (Å²) in [7, 11) is 0. The highest BCUT2D eigenvalue weighted by atomic mass is 35.5. The lowest BCUT2D eigenvalue weighted by atomic mass is 9.97. The maximum absolute atomic E-state index is 6.32. The number of fused-ring (bicyclic) bond motifs is 3. The minimum Gasteiger partial charge on any atom is -0.216 e. The van der Waals surface area contributed by atoms with Crippen LogP contribution >= 0.6 is 22.9 Å². The van der Waals surface area contributed by atoms with Crippen LogP contribution in [0.4, 0.5) is 0 Å². The van der Waals surface area contributed by atoms with E-state index in [4.69, 9.17) is 11.6 Å². The molecular formula is C23H15ClN2S. The highest BCUT2D eigenvalue weighted by Gasteiger charge is 2.16. The average Bonchev–Trinajstić information content (AvgIpc) is 3.07. The van der Waals surface area contributed by atoms with Crippen molar-refractivity contribution >= 4 is 43.2 Å². The van der Waals surface area contributed by atoms with Crippen molar-refractivity contribution in [3.8, 4) is 22.4 Å². The molecule has 130 valence electrons. The summed E-state index contributed by atoms with van der Waals surface area (Å²) in [5, 5.41) is 1.41. The fourth-order valence-electron chi connectivity index (χ4n) is 3.43. The molecule has 0 aliphatic rings. The van der Waals surface area contributed by atoms with Crippen LogP contribution in [0.25, 0.3) is 42.7 Å². The van der Waals surface area contributed by atoms with Crippen LogP contribution in [0, 0.1) is 6.92 Å². The quantitative estimate of drug-likeness (QED) is 0.301. The zero-order valence-corrected chi connectivity index (χ0v) is 16.2. The van der Waals surface area contributed by atoms with E-state index in [2.05, 4.69) is 71.5 Å². The van der Waals surface area contributed by atoms with Gasteiger partial charge in [0.15, 0.2) is 0 Å². The van der Waals surface area contributed by atoms with Gasteiger partial charge >= 0.3 is 0 Å². The highest BCUT2D eigenvalue weighted by Crippen LogP contribution is 2.40. The van der Waals surface area contributed by atoms with Crippen LogP contribution in [0.5, 0.6) is 0 Å². The average molecular weight is 387 g/mol. The first-order valence-corrected chi connectivity index (χ1v) is 9.91. The van der Waals surface area contributed by atoms with Crippen molar-refractivity contribution < 1.29 is 0 Å². The van der Waals surface area contributed by atoms with Crippen LogP contribution in [-0.4, -0.2) is 9.97 Å². The summed E-state index contributed by atoms with van der Waals surface area (Å²) in [5.41, 5.74) is 6.45. The monoisotopic (exact) mass is 386 g/mol. The molecule has 0 aliphatic heterocycles. The molecule has 0 amide bonds. The summed E-state index contributed by atoms with van der Waals surface area (Å²) in [6.45, 7) is 2.11. The van der Waals surface area contributed by atoms with E-state index in [0.717, 1.165) is 26.9 Å². The minimum atomic E-state index is 0.283. The third-order valence-electron chi connectivity index (χ3n) is 4.79. The second-order valence-electron chi connectivity index (χ2n) is 6.51. The molecule has 0 saturated heterocycles. The first kappa shape index (κ1) is 16.4. The highest BCUT2D eigenvalue weighted by molar-refractivity contribution is 7.26. The molecule has 0 spiro atoms. The van der Waals surface area contributed by atoms with Gasteiger partial charge in [0.25, 0.3) is 0 Å². The number of aryl methyl sites for hydroxylation is 1. The van der Waals surface area contributed by atoms with Gasteiger partial charge in [-0.15, -0.1) is 11.3 Å². The molecule has 0 atom stereocenters. The lowest BCUT2D eigenvalue weighted by Crippen LogP contribution is -1.92. The lowest BCUT2D eigenvalue weighted by molar-refractivity contribution is 1.23. The Hall–Kier alpha value is -2.75. The number of hydrogen-bond acceptors (Lipinski definition) is 3. The van der Waals surface area contributed by atoms with Crippen LogP contribution < -0.4 is 0 Å². The fourth-order valence-corrected chi connectivity index (χ4v) is 4.75. The van der Waals surface area contributed by atoms with Gasteiger partial charge in [0.05, 0.1) is 15.9 Å². The number of halogens is 1. The van der Waals surface area contributed by atoms with Crippen molar-refractivity contribution in [3.63, 3.8) is 0 Å². The number of thiophene rings is 1. The number of aromatic nitrogens is 2. The predicted molar refractivity (Wildman–Crippen MR) is 116 cm³/mol. The number of rotatable bonds is 2. The predicted octanol–water partition coefficient (Wildman–Crippen LogP) is 7.14. The van der Waals surface area contributed by atoms with Crippen molar-refractivity contribution in [2.45, 2.75) is 6.92 Å². The van der Waals surface area contributed by atoms with Crippen LogP contribution in [0.1, 0.15) is 5.56 Å². The van der Waals surface area contributed by atoms with Crippen LogP contribution in [0.2, 0.25) is 5.28 Å². The number of nitrogens with zero attached hydrogens (tertiary/aromatic N) is 2. The van der Waals surface area contributed by atoms with Gasteiger partial charge in [-0.25, -0.2) is 9.97 Å². The molecule has 3 aromatic carbocycles. The van der Waals surface area contributed by atoms with E-state index in [1.165, 1.54) is 21.4 Å². The SMILES string of the molecule is Cc1ccc(-c2ccccc2)cc1-c1nc(Cl)nc2c1sc1ccccc12. The topological polar surface area (TPSA) is 25.8 Å². The molecule has 0 aliphatic carbocycles. The van der Waals surface area contributed by atoms with Gasteiger partial charge in [-0.3, -0.25) is 0 Å². The Morgan fingerprint density at radius 1 is 0.815 bits per heavy atom. The molecular weight excluding hydrogens is 372 g/mol. The van der Waals surface area contributed by atoms with E-state index in [1.807, 2.05) is 18.2 Å². The van der Waals surface area contributed by atoms with Gasteiger partial charge < -0.3 is 0 Å². The summed E-state index contributed by atoms with van der Waals surface area (Å²) < 4.78 is 2.27. The number of benzene rings is 3. The van der Waals surface area contributed by atoms with Gasteiger partial charge in [0.2, 0.25) is 5.28 Å². The molecule has 5 rings (SSSR count). The van der Waals surface area contributed by atoms with E-state index >= 15 is 0 Å². The molecule has 2 nitrogen and oxygen atoms in total. The Kier molecular flexibility index (Phi) is 3.92. The molecule has 0 radical (unpaired) electrons. The zero-order chi connectivity index (χ0) is 18.4. The van der Waals surface area contributed by atoms with Crippen molar-refractivity contribution in [2.75, 3.05) is 0 Å². The normalized spacial score (nSPS) is 11.3. The third-order valence-corrected chi connectivity index (χ3v) is 6.13. The number of hydrogen-bond donors (Lipinski definition) is 0. The Morgan fingerprint density at radius 2 is 1.59 bits per heavy atom. The largest absolute Gasteiger partial charge is 0.223 e. The maximum atomic E-state index is 6.32. The second kappa shape index (κ2) is 6.45. The Balaban J connectivity index is 1.81. The summed E-state index contributed by atoms with van der Waals surface area (Å²) in [6.07, 6.45) is 0. The second-order valence-corrected chi connectivity index (χ2v) is 7.90. The van der Waals surface area contributed by atoms with Gasteiger partial charge in [-0.1, -0.05) is 60.7 Å². The standard InChI is InChI=1S/C23H15ClN2S/c1-14-11-12-16(15-7-3-2-4-8-15)13-18(14)21-22-20(25-23(24)26-21)17-9-5-6-10-19(17)27-22/h2-13H,1H3. The maximum Gasteiger partial charge on any atom is 0.223 e. The summed E-state index contributed by atoms with van der Waals surface area (Å²) in [6, 6.07) is 25.2. The van der Waals surface area contributed by atoms with Gasteiger partial charge in [0.1, 0.15) is 0 Å². The Morgan fingerprint density at radius 3 is 2.44 bits per heavy atom. The molecule has 0 saturated carbocycles. The van der Waals surface area contributed by atoms with Crippen molar-refractivity contribution in [3.05, 3.63) is 83.6 Å². The smallest absolute Gasteiger partial charge is 0.216 e. The van der Waals surface area contributed by atoms with E-state index < -0.39 is 0 Å². The van der Waals surface area contributed by atoms with Crippen molar-refractivity contribution in [2.24, 2.45) is 0 Å². The van der Waals surface area contributed by atoms with E-state index in [-0.39, 0.29) is 5.28 Å². The molecule has 27 heavy (non-hydrogen) atoms. The van der Waals surface area contributed by atoms with Gasteiger partial charge in [-0.2, -0.15) is 0 Å². The molecule has 0 bridgehead atoms. The molecule has 0 unspecified atom stereocenters.